The minimum absolute atomic E-state index is 0.0124. The van der Waals surface area contributed by atoms with E-state index >= 15 is 0 Å². The second-order valence-electron chi connectivity index (χ2n) is 6.64. The third-order valence-corrected chi connectivity index (χ3v) is 5.66. The number of piperazine rings is 1. The molecule has 1 fully saturated rings. The zero-order valence-corrected chi connectivity index (χ0v) is 15.9. The lowest BCUT2D eigenvalue weighted by Gasteiger charge is -2.37. The van der Waals surface area contributed by atoms with Crippen LogP contribution in [-0.4, -0.2) is 66.4 Å². The van der Waals surface area contributed by atoms with E-state index in [1.54, 1.807) is 11.3 Å². The van der Waals surface area contributed by atoms with Crippen LogP contribution in [0.1, 0.15) is 36.4 Å². The van der Waals surface area contributed by atoms with E-state index in [0.717, 1.165) is 52.1 Å². The molecule has 4 nitrogen and oxygen atoms in total. The van der Waals surface area contributed by atoms with Gasteiger partial charge in [0, 0.05) is 42.5 Å². The van der Waals surface area contributed by atoms with Crippen molar-refractivity contribution in [3.05, 3.63) is 21.9 Å². The predicted octanol–water partition coefficient (Wildman–Crippen LogP) is 2.82. The van der Waals surface area contributed by atoms with Gasteiger partial charge in [0.2, 0.25) is 5.91 Å². The zero-order chi connectivity index (χ0) is 16.8. The summed E-state index contributed by atoms with van der Waals surface area (Å²) in [5.41, 5.74) is 0. The number of amides is 1. The Labute approximate surface area is 145 Å². The summed E-state index contributed by atoms with van der Waals surface area (Å²) in [6, 6.07) is 4.29. The van der Waals surface area contributed by atoms with Gasteiger partial charge in [0.1, 0.15) is 0 Å². The van der Waals surface area contributed by atoms with Crippen molar-refractivity contribution in [1.82, 2.24) is 14.7 Å². The van der Waals surface area contributed by atoms with Crippen molar-refractivity contribution in [2.45, 2.75) is 46.2 Å². The molecule has 0 unspecified atom stereocenters. The molecule has 0 radical (unpaired) electrons. The molecule has 0 aliphatic carbocycles. The summed E-state index contributed by atoms with van der Waals surface area (Å²) < 4.78 is 0. The van der Waals surface area contributed by atoms with E-state index in [-0.39, 0.29) is 11.9 Å². The number of rotatable bonds is 7. The minimum atomic E-state index is -0.0124. The molecule has 0 saturated carbocycles. The molecule has 0 N–H and O–H groups in total. The van der Waals surface area contributed by atoms with E-state index in [1.807, 2.05) is 0 Å². The molecule has 2 rings (SSSR count). The van der Waals surface area contributed by atoms with E-state index in [1.165, 1.54) is 9.75 Å². The fraction of sp³-hybridized carbons (Fsp3) is 0.722. The average molecular weight is 338 g/mol. The van der Waals surface area contributed by atoms with Crippen molar-refractivity contribution in [2.24, 2.45) is 0 Å². The summed E-state index contributed by atoms with van der Waals surface area (Å²) in [7, 11) is 2.15. The Bertz CT molecular complexity index is 494. The van der Waals surface area contributed by atoms with Crippen molar-refractivity contribution in [1.29, 1.82) is 0 Å². The van der Waals surface area contributed by atoms with Gasteiger partial charge in [-0.2, -0.15) is 0 Å². The molecular weight excluding hydrogens is 306 g/mol. The molecule has 2 heterocycles. The highest BCUT2D eigenvalue weighted by Crippen LogP contribution is 2.19. The Balaban J connectivity index is 1.99. The fourth-order valence-corrected chi connectivity index (χ4v) is 3.91. The number of hydrogen-bond acceptors (Lipinski definition) is 4. The van der Waals surface area contributed by atoms with Gasteiger partial charge in [0.05, 0.1) is 12.6 Å². The fourth-order valence-electron chi connectivity index (χ4n) is 3.00. The number of thiophene rings is 1. The summed E-state index contributed by atoms with van der Waals surface area (Å²) in [5, 5.41) is 0. The molecule has 0 bridgehead atoms. The van der Waals surface area contributed by atoms with E-state index in [0.29, 0.717) is 0 Å². The molecule has 1 atom stereocenters. The standard InChI is InChI=1S/C18H31N3OS/c1-5-6-9-21(14-17-8-7-15(2)23-17)18(22)16(3)20-12-10-19(4)11-13-20/h7-8,16H,5-6,9-14H2,1-4H3/t16-/m1/s1. The van der Waals surface area contributed by atoms with Crippen molar-refractivity contribution < 1.29 is 4.79 Å². The Kier molecular flexibility index (Phi) is 7.06. The molecule has 130 valence electrons. The highest BCUT2D eigenvalue weighted by Gasteiger charge is 2.28. The molecule has 1 amide bonds. The SMILES string of the molecule is CCCCN(Cc1ccc(C)s1)C(=O)[C@@H](C)N1CCN(C)CC1. The molecular formula is C18H31N3OS. The van der Waals surface area contributed by atoms with Crippen LogP contribution in [0, 0.1) is 6.92 Å². The maximum Gasteiger partial charge on any atom is 0.239 e. The predicted molar refractivity (Wildman–Crippen MR) is 97.9 cm³/mol. The minimum Gasteiger partial charge on any atom is -0.336 e. The lowest BCUT2D eigenvalue weighted by atomic mass is 10.2. The smallest absolute Gasteiger partial charge is 0.239 e. The van der Waals surface area contributed by atoms with Crippen LogP contribution in [0.15, 0.2) is 12.1 Å². The van der Waals surface area contributed by atoms with Gasteiger partial charge >= 0.3 is 0 Å². The Hall–Kier alpha value is -0.910. The second-order valence-corrected chi connectivity index (χ2v) is 8.01. The first-order chi connectivity index (χ1) is 11.0. The average Bonchev–Trinajstić information content (AvgIpc) is 2.96. The summed E-state index contributed by atoms with van der Waals surface area (Å²) in [4.78, 5) is 22.4. The molecule has 5 heteroatoms. The first-order valence-corrected chi connectivity index (χ1v) is 9.59. The lowest BCUT2D eigenvalue weighted by Crippen LogP contribution is -2.53. The van der Waals surface area contributed by atoms with Crippen molar-refractivity contribution in [2.75, 3.05) is 39.8 Å². The number of likely N-dealkylation sites (N-methyl/N-ethyl adjacent to an activating group) is 1. The normalized spacial score (nSPS) is 18.1. The van der Waals surface area contributed by atoms with Crippen LogP contribution in [0.4, 0.5) is 0 Å². The topological polar surface area (TPSA) is 26.8 Å². The van der Waals surface area contributed by atoms with Gasteiger partial charge in [-0.15, -0.1) is 11.3 Å². The van der Waals surface area contributed by atoms with Gasteiger partial charge in [0.25, 0.3) is 0 Å². The molecule has 1 aliphatic rings. The van der Waals surface area contributed by atoms with Crippen LogP contribution in [-0.2, 0) is 11.3 Å². The quantitative estimate of drug-likeness (QED) is 0.765. The number of aryl methyl sites for hydroxylation is 1. The number of carbonyl (C=O) groups excluding carboxylic acids is 1. The van der Waals surface area contributed by atoms with Crippen LogP contribution in [0.2, 0.25) is 0 Å². The van der Waals surface area contributed by atoms with Crippen molar-refractivity contribution in [3.8, 4) is 0 Å². The first-order valence-electron chi connectivity index (χ1n) is 8.78. The molecule has 1 aromatic rings. The van der Waals surface area contributed by atoms with E-state index < -0.39 is 0 Å². The van der Waals surface area contributed by atoms with Crippen molar-refractivity contribution in [3.63, 3.8) is 0 Å². The van der Waals surface area contributed by atoms with E-state index in [4.69, 9.17) is 0 Å². The van der Waals surface area contributed by atoms with Gasteiger partial charge in [-0.05, 0) is 39.4 Å². The number of hydrogen-bond donors (Lipinski definition) is 0. The third kappa shape index (κ3) is 5.30. The summed E-state index contributed by atoms with van der Waals surface area (Å²) in [6.45, 7) is 12.1. The highest BCUT2D eigenvalue weighted by molar-refractivity contribution is 7.11. The van der Waals surface area contributed by atoms with Crippen LogP contribution in [0.5, 0.6) is 0 Å². The van der Waals surface area contributed by atoms with Crippen LogP contribution in [0.25, 0.3) is 0 Å². The molecule has 23 heavy (non-hydrogen) atoms. The summed E-state index contributed by atoms with van der Waals surface area (Å²) in [5.74, 6) is 0.286. The number of unbranched alkanes of at least 4 members (excludes halogenated alkanes) is 1. The molecule has 0 spiro atoms. The Morgan fingerprint density at radius 2 is 2.00 bits per heavy atom. The van der Waals surface area contributed by atoms with Crippen molar-refractivity contribution >= 4 is 17.2 Å². The third-order valence-electron chi connectivity index (χ3n) is 4.68. The molecule has 1 aliphatic heterocycles. The van der Waals surface area contributed by atoms with Crippen LogP contribution in [0.3, 0.4) is 0 Å². The van der Waals surface area contributed by atoms with Crippen LogP contribution < -0.4 is 0 Å². The maximum absolute atomic E-state index is 13.0. The van der Waals surface area contributed by atoms with E-state index in [9.17, 15) is 4.79 Å². The molecule has 1 saturated heterocycles. The van der Waals surface area contributed by atoms with Gasteiger partial charge in [-0.1, -0.05) is 13.3 Å². The maximum atomic E-state index is 13.0. The summed E-state index contributed by atoms with van der Waals surface area (Å²) >= 11 is 1.80. The van der Waals surface area contributed by atoms with E-state index in [2.05, 4.69) is 54.7 Å². The van der Waals surface area contributed by atoms with Gasteiger partial charge < -0.3 is 9.80 Å². The van der Waals surface area contributed by atoms with Gasteiger partial charge in [0.15, 0.2) is 0 Å². The largest absolute Gasteiger partial charge is 0.336 e. The molecule has 1 aromatic heterocycles. The number of nitrogens with zero attached hydrogens (tertiary/aromatic N) is 3. The second kappa shape index (κ2) is 8.81. The first kappa shape index (κ1) is 18.4. The highest BCUT2D eigenvalue weighted by atomic mass is 32.1. The van der Waals surface area contributed by atoms with Crippen LogP contribution >= 0.6 is 11.3 Å². The number of carbonyl (C=O) groups is 1. The molecule has 0 aromatic carbocycles. The Morgan fingerprint density at radius 1 is 1.30 bits per heavy atom. The monoisotopic (exact) mass is 337 g/mol. The lowest BCUT2D eigenvalue weighted by molar-refractivity contribution is -0.137. The van der Waals surface area contributed by atoms with Gasteiger partial charge in [-0.3, -0.25) is 9.69 Å². The van der Waals surface area contributed by atoms with Gasteiger partial charge in [-0.25, -0.2) is 0 Å². The summed E-state index contributed by atoms with van der Waals surface area (Å²) in [6.07, 6.45) is 2.20. The zero-order valence-electron chi connectivity index (χ0n) is 15.0. The Morgan fingerprint density at radius 3 is 2.57 bits per heavy atom.